The van der Waals surface area contributed by atoms with Crippen LogP contribution in [0.3, 0.4) is 0 Å². The molecule has 19 heavy (non-hydrogen) atoms. The van der Waals surface area contributed by atoms with E-state index >= 15 is 0 Å². The van der Waals surface area contributed by atoms with E-state index in [1.165, 1.54) is 30.4 Å². The number of hydrogen-bond donors (Lipinski definition) is 0. The molecule has 0 aliphatic heterocycles. The molecule has 0 amide bonds. The Morgan fingerprint density at radius 1 is 0.895 bits per heavy atom. The lowest BCUT2D eigenvalue weighted by molar-refractivity contribution is 0.568. The van der Waals surface area contributed by atoms with Crippen molar-refractivity contribution in [3.8, 4) is 0 Å². The predicted molar refractivity (Wildman–Crippen MR) is 83.9 cm³/mol. The molecule has 0 aromatic heterocycles. The normalized spacial score (nSPS) is 12.3. The van der Waals surface area contributed by atoms with Crippen molar-refractivity contribution in [3.63, 3.8) is 0 Å². The first-order chi connectivity index (χ1) is 9.29. The molecular formula is C18H21Cl. The molecule has 1 heteroatoms. The van der Waals surface area contributed by atoms with Crippen LogP contribution in [-0.2, 0) is 6.42 Å². The van der Waals surface area contributed by atoms with Crippen LogP contribution in [0.2, 0.25) is 5.02 Å². The fraction of sp³-hybridized carbons (Fsp3) is 0.333. The van der Waals surface area contributed by atoms with E-state index in [-0.39, 0.29) is 0 Å². The fourth-order valence-electron chi connectivity index (χ4n) is 2.54. The number of halogens is 1. The molecule has 0 N–H and O–H groups in total. The van der Waals surface area contributed by atoms with Crippen molar-refractivity contribution in [1.29, 1.82) is 0 Å². The highest BCUT2D eigenvalue weighted by molar-refractivity contribution is 6.30. The van der Waals surface area contributed by atoms with Gasteiger partial charge in [0.15, 0.2) is 0 Å². The van der Waals surface area contributed by atoms with Gasteiger partial charge in [-0.25, -0.2) is 0 Å². The van der Waals surface area contributed by atoms with Gasteiger partial charge in [0, 0.05) is 5.02 Å². The first-order valence-corrected chi connectivity index (χ1v) is 7.46. The molecule has 2 rings (SSSR count). The Bertz CT molecular complexity index is 473. The number of hydrogen-bond acceptors (Lipinski definition) is 0. The van der Waals surface area contributed by atoms with Crippen molar-refractivity contribution < 1.29 is 0 Å². The SMILES string of the molecule is CCCC(CCc1ccc(Cl)cc1)c1ccccc1. The van der Waals surface area contributed by atoms with Gasteiger partial charge in [0.25, 0.3) is 0 Å². The number of aryl methyl sites for hydroxylation is 1. The molecule has 0 saturated carbocycles. The molecule has 0 radical (unpaired) electrons. The van der Waals surface area contributed by atoms with Gasteiger partial charge < -0.3 is 0 Å². The van der Waals surface area contributed by atoms with Crippen molar-refractivity contribution in [2.75, 3.05) is 0 Å². The molecule has 0 fully saturated rings. The highest BCUT2D eigenvalue weighted by atomic mass is 35.5. The molecule has 0 spiro atoms. The third-order valence-electron chi connectivity index (χ3n) is 3.60. The Kier molecular flexibility index (Phi) is 5.47. The van der Waals surface area contributed by atoms with E-state index in [4.69, 9.17) is 11.6 Å². The minimum atomic E-state index is 0.668. The van der Waals surface area contributed by atoms with Crippen LogP contribution >= 0.6 is 11.6 Å². The Hall–Kier alpha value is -1.27. The molecule has 2 aromatic rings. The standard InChI is InChI=1S/C18H21Cl/c1-2-6-16(17-7-4-3-5-8-17)12-9-15-10-13-18(19)14-11-15/h3-5,7-8,10-11,13-14,16H,2,6,9,12H2,1H3. The zero-order valence-electron chi connectivity index (χ0n) is 11.5. The molecule has 100 valence electrons. The molecule has 0 heterocycles. The lowest BCUT2D eigenvalue weighted by atomic mass is 9.89. The monoisotopic (exact) mass is 272 g/mol. The van der Waals surface area contributed by atoms with Gasteiger partial charge in [-0.2, -0.15) is 0 Å². The summed E-state index contributed by atoms with van der Waals surface area (Å²) >= 11 is 5.92. The maximum Gasteiger partial charge on any atom is 0.0406 e. The van der Waals surface area contributed by atoms with E-state index in [1.54, 1.807) is 0 Å². The Morgan fingerprint density at radius 3 is 2.21 bits per heavy atom. The van der Waals surface area contributed by atoms with Crippen LogP contribution < -0.4 is 0 Å². The summed E-state index contributed by atoms with van der Waals surface area (Å²) in [5.41, 5.74) is 2.85. The zero-order valence-corrected chi connectivity index (χ0v) is 12.2. The quantitative estimate of drug-likeness (QED) is 0.618. The molecule has 1 atom stereocenters. The summed E-state index contributed by atoms with van der Waals surface area (Å²) in [6.45, 7) is 2.26. The van der Waals surface area contributed by atoms with Crippen LogP contribution in [0.4, 0.5) is 0 Å². The smallest absolute Gasteiger partial charge is 0.0406 e. The van der Waals surface area contributed by atoms with E-state index in [0.717, 1.165) is 11.4 Å². The van der Waals surface area contributed by atoms with Crippen molar-refractivity contribution >= 4 is 11.6 Å². The second-order valence-corrected chi connectivity index (χ2v) is 5.50. The third-order valence-corrected chi connectivity index (χ3v) is 3.85. The van der Waals surface area contributed by atoms with E-state index < -0.39 is 0 Å². The van der Waals surface area contributed by atoms with Crippen LogP contribution in [0.15, 0.2) is 54.6 Å². The van der Waals surface area contributed by atoms with Gasteiger partial charge in [-0.1, -0.05) is 67.4 Å². The second-order valence-electron chi connectivity index (χ2n) is 5.06. The first kappa shape index (κ1) is 14.1. The molecule has 1 unspecified atom stereocenters. The van der Waals surface area contributed by atoms with Gasteiger partial charge in [0.05, 0.1) is 0 Å². The van der Waals surface area contributed by atoms with Gasteiger partial charge in [-0.3, -0.25) is 0 Å². The Labute approximate surface area is 121 Å². The van der Waals surface area contributed by atoms with Gasteiger partial charge >= 0.3 is 0 Å². The van der Waals surface area contributed by atoms with Crippen molar-refractivity contribution in [3.05, 3.63) is 70.7 Å². The highest BCUT2D eigenvalue weighted by Gasteiger charge is 2.10. The summed E-state index contributed by atoms with van der Waals surface area (Å²) in [7, 11) is 0. The fourth-order valence-corrected chi connectivity index (χ4v) is 2.67. The van der Waals surface area contributed by atoms with Crippen LogP contribution in [0.5, 0.6) is 0 Å². The van der Waals surface area contributed by atoms with E-state index in [2.05, 4.69) is 49.4 Å². The van der Waals surface area contributed by atoms with Crippen LogP contribution in [-0.4, -0.2) is 0 Å². The maximum atomic E-state index is 5.92. The topological polar surface area (TPSA) is 0 Å². The van der Waals surface area contributed by atoms with Gasteiger partial charge in [0.2, 0.25) is 0 Å². The third kappa shape index (κ3) is 4.40. The minimum Gasteiger partial charge on any atom is -0.0843 e. The lowest BCUT2D eigenvalue weighted by Gasteiger charge is -2.16. The number of rotatable bonds is 6. The first-order valence-electron chi connectivity index (χ1n) is 7.09. The molecule has 2 aromatic carbocycles. The largest absolute Gasteiger partial charge is 0.0843 e. The number of benzene rings is 2. The molecule has 0 bridgehead atoms. The molecule has 0 nitrogen and oxygen atoms in total. The van der Waals surface area contributed by atoms with Gasteiger partial charge in [-0.15, -0.1) is 0 Å². The zero-order chi connectivity index (χ0) is 13.5. The molecule has 0 aliphatic rings. The minimum absolute atomic E-state index is 0.668. The van der Waals surface area contributed by atoms with E-state index in [0.29, 0.717) is 5.92 Å². The Balaban J connectivity index is 1.99. The highest BCUT2D eigenvalue weighted by Crippen LogP contribution is 2.26. The van der Waals surface area contributed by atoms with Crippen molar-refractivity contribution in [2.24, 2.45) is 0 Å². The van der Waals surface area contributed by atoms with Crippen LogP contribution in [0.1, 0.15) is 43.2 Å². The molecule has 0 saturated heterocycles. The Morgan fingerprint density at radius 2 is 1.58 bits per heavy atom. The van der Waals surface area contributed by atoms with E-state index in [9.17, 15) is 0 Å². The summed E-state index contributed by atoms with van der Waals surface area (Å²) in [6.07, 6.45) is 4.83. The lowest BCUT2D eigenvalue weighted by Crippen LogP contribution is -2.00. The average molecular weight is 273 g/mol. The second kappa shape index (κ2) is 7.35. The summed E-state index contributed by atoms with van der Waals surface area (Å²) in [4.78, 5) is 0. The van der Waals surface area contributed by atoms with E-state index in [1.807, 2.05) is 12.1 Å². The van der Waals surface area contributed by atoms with Crippen LogP contribution in [0, 0.1) is 0 Å². The van der Waals surface area contributed by atoms with Crippen molar-refractivity contribution in [2.45, 2.75) is 38.5 Å². The summed E-state index contributed by atoms with van der Waals surface area (Å²) in [5.74, 6) is 0.668. The van der Waals surface area contributed by atoms with Gasteiger partial charge in [0.1, 0.15) is 0 Å². The summed E-state index contributed by atoms with van der Waals surface area (Å²) in [5, 5.41) is 0.817. The maximum absolute atomic E-state index is 5.92. The average Bonchev–Trinajstić information content (AvgIpc) is 2.46. The van der Waals surface area contributed by atoms with Crippen LogP contribution in [0.25, 0.3) is 0 Å². The van der Waals surface area contributed by atoms with Crippen molar-refractivity contribution in [1.82, 2.24) is 0 Å². The summed E-state index contributed by atoms with van der Waals surface area (Å²) < 4.78 is 0. The molecular weight excluding hydrogens is 252 g/mol. The summed E-state index contributed by atoms with van der Waals surface area (Å²) in [6, 6.07) is 19.1. The van der Waals surface area contributed by atoms with Gasteiger partial charge in [-0.05, 0) is 48.4 Å². The molecule has 0 aliphatic carbocycles. The predicted octanol–water partition coefficient (Wildman–Crippen LogP) is 5.86.